The lowest BCUT2D eigenvalue weighted by molar-refractivity contribution is -0.757. The number of esters is 1. The Labute approximate surface area is 88.0 Å². The molecular weight excluding hydrogens is 202 g/mol. The zero-order valence-electron chi connectivity index (χ0n) is 8.52. The minimum atomic E-state index is -0.800. The Bertz CT molecular complexity index is 217. The van der Waals surface area contributed by atoms with Crippen molar-refractivity contribution in [2.45, 2.75) is 25.7 Å². The van der Waals surface area contributed by atoms with E-state index in [2.05, 4.69) is 11.4 Å². The van der Waals surface area contributed by atoms with E-state index in [9.17, 15) is 14.9 Å². The van der Waals surface area contributed by atoms with Crippen LogP contribution in [0.3, 0.4) is 0 Å². The second kappa shape index (κ2) is 8.98. The molecule has 0 unspecified atom stereocenters. The van der Waals surface area contributed by atoms with Gasteiger partial charge in [0.05, 0.1) is 13.2 Å². The van der Waals surface area contributed by atoms with E-state index in [1.165, 1.54) is 0 Å². The highest BCUT2D eigenvalue weighted by Gasteiger charge is 1.96. The van der Waals surface area contributed by atoms with Gasteiger partial charge in [-0.1, -0.05) is 13.0 Å². The van der Waals surface area contributed by atoms with Crippen LogP contribution in [0.4, 0.5) is 0 Å². The second-order valence-electron chi connectivity index (χ2n) is 2.84. The molecule has 0 fully saturated rings. The highest BCUT2D eigenvalue weighted by Crippen LogP contribution is 2.00. The molecule has 0 spiro atoms. The molecule has 0 saturated carbocycles. The molecule has 0 aliphatic rings. The maximum Gasteiger partial charge on any atom is 0.330 e. The van der Waals surface area contributed by atoms with Crippen LogP contribution in [0.2, 0.25) is 0 Å². The molecule has 86 valence electrons. The summed E-state index contributed by atoms with van der Waals surface area (Å²) in [5.41, 5.74) is 0. The minimum Gasteiger partial charge on any atom is -0.463 e. The van der Waals surface area contributed by atoms with Crippen molar-refractivity contribution >= 4 is 5.97 Å². The molecule has 0 aliphatic carbocycles. The van der Waals surface area contributed by atoms with Crippen molar-refractivity contribution in [3.8, 4) is 0 Å². The van der Waals surface area contributed by atoms with Gasteiger partial charge in [-0.05, 0) is 19.3 Å². The predicted molar refractivity (Wildman–Crippen MR) is 52.6 cm³/mol. The predicted octanol–water partition coefficient (Wildman–Crippen LogP) is 1.48. The first-order valence-electron chi connectivity index (χ1n) is 4.73. The van der Waals surface area contributed by atoms with E-state index >= 15 is 0 Å². The van der Waals surface area contributed by atoms with Gasteiger partial charge in [-0.2, -0.15) is 0 Å². The summed E-state index contributed by atoms with van der Waals surface area (Å²) in [7, 11) is 0. The first-order valence-corrected chi connectivity index (χ1v) is 4.73. The summed E-state index contributed by atoms with van der Waals surface area (Å²) in [5, 5.41) is 8.96. The van der Waals surface area contributed by atoms with Crippen molar-refractivity contribution in [3.05, 3.63) is 22.8 Å². The fourth-order valence-corrected chi connectivity index (χ4v) is 0.928. The van der Waals surface area contributed by atoms with Crippen molar-refractivity contribution < 1.29 is 19.5 Å². The van der Waals surface area contributed by atoms with E-state index in [1.54, 1.807) is 0 Å². The van der Waals surface area contributed by atoms with Gasteiger partial charge in [-0.25, -0.2) is 4.79 Å². The lowest BCUT2D eigenvalue weighted by atomic mass is 10.2. The smallest absolute Gasteiger partial charge is 0.330 e. The van der Waals surface area contributed by atoms with Crippen LogP contribution in [-0.2, 0) is 14.4 Å². The van der Waals surface area contributed by atoms with Gasteiger partial charge in [0.15, 0.2) is 0 Å². The maximum atomic E-state index is 10.6. The molecule has 0 aromatic carbocycles. The van der Waals surface area contributed by atoms with E-state index in [0.29, 0.717) is 13.0 Å². The fraction of sp³-hybridized carbons (Fsp3) is 0.667. The van der Waals surface area contributed by atoms with E-state index in [1.807, 2.05) is 0 Å². The molecule has 0 heterocycles. The Morgan fingerprint density at radius 1 is 1.27 bits per heavy atom. The fourth-order valence-electron chi connectivity index (χ4n) is 0.928. The molecule has 15 heavy (non-hydrogen) atoms. The molecule has 0 radical (unpaired) electrons. The maximum absolute atomic E-state index is 10.6. The Morgan fingerprint density at radius 3 is 2.40 bits per heavy atom. The first-order chi connectivity index (χ1) is 7.16. The van der Waals surface area contributed by atoms with Gasteiger partial charge in [0.25, 0.3) is 5.09 Å². The molecule has 6 heteroatoms. The van der Waals surface area contributed by atoms with Crippen molar-refractivity contribution in [2.75, 3.05) is 13.2 Å². The number of carbonyl (C=O) groups excluding carboxylic acids is 1. The molecule has 0 N–H and O–H groups in total. The molecule has 0 aromatic heterocycles. The van der Waals surface area contributed by atoms with Crippen molar-refractivity contribution in [1.82, 2.24) is 0 Å². The van der Waals surface area contributed by atoms with Crippen LogP contribution in [0, 0.1) is 10.1 Å². The molecular formula is C9H15NO5. The average Bonchev–Trinajstić information content (AvgIpc) is 2.21. The van der Waals surface area contributed by atoms with Gasteiger partial charge < -0.3 is 9.57 Å². The van der Waals surface area contributed by atoms with E-state index in [4.69, 9.17) is 4.74 Å². The summed E-state index contributed by atoms with van der Waals surface area (Å²) >= 11 is 0. The monoisotopic (exact) mass is 217 g/mol. The molecule has 0 amide bonds. The normalized spacial score (nSPS) is 9.33. The third-order valence-electron chi connectivity index (χ3n) is 1.65. The number of hydrogen-bond donors (Lipinski definition) is 0. The SMILES string of the molecule is C=CC(=O)OCCCCCCO[N+](=O)[O-]. The molecule has 0 aliphatic heterocycles. The second-order valence-corrected chi connectivity index (χ2v) is 2.84. The largest absolute Gasteiger partial charge is 0.463 e. The van der Waals surface area contributed by atoms with Crippen LogP contribution >= 0.6 is 0 Å². The summed E-state index contributed by atoms with van der Waals surface area (Å²) in [6, 6.07) is 0. The summed E-state index contributed by atoms with van der Waals surface area (Å²) in [4.78, 5) is 24.5. The number of carbonyl (C=O) groups is 1. The first kappa shape index (κ1) is 13.4. The van der Waals surface area contributed by atoms with Crippen LogP contribution in [-0.4, -0.2) is 24.3 Å². The van der Waals surface area contributed by atoms with Crippen LogP contribution in [0.5, 0.6) is 0 Å². The highest BCUT2D eigenvalue weighted by atomic mass is 16.9. The van der Waals surface area contributed by atoms with Gasteiger partial charge in [0, 0.05) is 6.08 Å². The van der Waals surface area contributed by atoms with Gasteiger partial charge in [0.2, 0.25) is 0 Å². The Hall–Kier alpha value is -1.59. The van der Waals surface area contributed by atoms with Crippen molar-refractivity contribution in [1.29, 1.82) is 0 Å². The third kappa shape index (κ3) is 10.3. The summed E-state index contributed by atoms with van der Waals surface area (Å²) < 4.78 is 4.74. The summed E-state index contributed by atoms with van der Waals surface area (Å²) in [6.45, 7) is 3.75. The molecule has 0 aromatic rings. The van der Waals surface area contributed by atoms with E-state index in [-0.39, 0.29) is 6.61 Å². The van der Waals surface area contributed by atoms with Crippen LogP contribution in [0.1, 0.15) is 25.7 Å². The number of nitrogens with zero attached hydrogens (tertiary/aromatic N) is 1. The van der Waals surface area contributed by atoms with Gasteiger partial charge in [-0.15, -0.1) is 10.1 Å². The quantitative estimate of drug-likeness (QED) is 0.192. The summed E-state index contributed by atoms with van der Waals surface area (Å²) in [5.74, 6) is -0.424. The van der Waals surface area contributed by atoms with Crippen molar-refractivity contribution in [2.24, 2.45) is 0 Å². The molecule has 0 atom stereocenters. The van der Waals surface area contributed by atoms with Crippen LogP contribution in [0.15, 0.2) is 12.7 Å². The zero-order valence-corrected chi connectivity index (χ0v) is 8.52. The number of rotatable bonds is 9. The lowest BCUT2D eigenvalue weighted by Gasteiger charge is -2.01. The molecule has 0 rings (SSSR count). The standard InChI is InChI=1S/C9H15NO5/c1-2-9(11)14-7-5-3-4-6-8-15-10(12)13/h2H,1,3-8H2. The average molecular weight is 217 g/mol. The topological polar surface area (TPSA) is 78.7 Å². The number of unbranched alkanes of at least 4 members (excludes halogenated alkanes) is 3. The van der Waals surface area contributed by atoms with Crippen LogP contribution < -0.4 is 0 Å². The minimum absolute atomic E-state index is 0.124. The number of hydrogen-bond acceptors (Lipinski definition) is 5. The highest BCUT2D eigenvalue weighted by molar-refractivity contribution is 5.81. The van der Waals surface area contributed by atoms with Gasteiger partial charge >= 0.3 is 5.97 Å². The van der Waals surface area contributed by atoms with E-state index < -0.39 is 11.1 Å². The Balaban J connectivity index is 3.08. The van der Waals surface area contributed by atoms with Crippen molar-refractivity contribution in [3.63, 3.8) is 0 Å². The Kier molecular flexibility index (Phi) is 8.03. The van der Waals surface area contributed by atoms with Gasteiger partial charge in [-0.3, -0.25) is 0 Å². The van der Waals surface area contributed by atoms with Crippen LogP contribution in [0.25, 0.3) is 0 Å². The summed E-state index contributed by atoms with van der Waals surface area (Å²) in [6.07, 6.45) is 4.17. The lowest BCUT2D eigenvalue weighted by Crippen LogP contribution is -2.03. The third-order valence-corrected chi connectivity index (χ3v) is 1.65. The van der Waals surface area contributed by atoms with E-state index in [0.717, 1.165) is 25.3 Å². The number of ether oxygens (including phenoxy) is 1. The Morgan fingerprint density at radius 2 is 1.87 bits per heavy atom. The zero-order chi connectivity index (χ0) is 11.5. The molecule has 0 saturated heterocycles. The molecule has 6 nitrogen and oxygen atoms in total. The van der Waals surface area contributed by atoms with Gasteiger partial charge in [0.1, 0.15) is 0 Å². The molecule has 0 bridgehead atoms.